The minimum atomic E-state index is -4.49. The van der Waals surface area contributed by atoms with Gasteiger partial charge < -0.3 is 0 Å². The third kappa shape index (κ3) is 6.58. The summed E-state index contributed by atoms with van der Waals surface area (Å²) >= 11 is 6.15. The molecule has 1 N–H and O–H groups in total. The van der Waals surface area contributed by atoms with Crippen molar-refractivity contribution in [2.45, 2.75) is 12.7 Å². The van der Waals surface area contributed by atoms with Gasteiger partial charge in [0, 0.05) is 10.6 Å². The Labute approximate surface area is 199 Å². The number of rotatable bonds is 7. The van der Waals surface area contributed by atoms with Gasteiger partial charge in [-0.1, -0.05) is 41.9 Å². The van der Waals surface area contributed by atoms with E-state index in [4.69, 9.17) is 11.6 Å². The molecule has 0 aliphatic heterocycles. The van der Waals surface area contributed by atoms with E-state index >= 15 is 0 Å². The molecule has 0 unspecified atom stereocenters. The molecule has 3 aromatic carbocycles. The Hall–Kier alpha value is -3.37. The van der Waals surface area contributed by atoms with Crippen LogP contribution in [0.5, 0.6) is 0 Å². The highest BCUT2D eigenvalue weighted by atomic mass is 35.5. The van der Waals surface area contributed by atoms with E-state index in [-0.39, 0.29) is 17.7 Å². The lowest BCUT2D eigenvalue weighted by molar-refractivity contribution is -0.137. The standard InChI is InChI=1S/C23H19ClF3N3O3S/c1-34(32,33)30(15-18-6-2-3-8-21(18)24)20-11-9-17(10-12-20)22(31)29-28-14-16-5-4-7-19(13-16)23(25,26)27/h2-14H,15H2,1H3,(H,29,31)/b28-14-. The topological polar surface area (TPSA) is 78.8 Å². The van der Waals surface area contributed by atoms with Gasteiger partial charge >= 0.3 is 6.18 Å². The van der Waals surface area contributed by atoms with E-state index in [0.717, 1.165) is 28.9 Å². The zero-order chi connectivity index (χ0) is 24.9. The van der Waals surface area contributed by atoms with Crippen molar-refractivity contribution in [1.82, 2.24) is 5.43 Å². The van der Waals surface area contributed by atoms with Crippen LogP contribution in [0.2, 0.25) is 5.02 Å². The number of hydrazone groups is 1. The van der Waals surface area contributed by atoms with Crippen molar-refractivity contribution >= 4 is 39.4 Å². The van der Waals surface area contributed by atoms with Gasteiger partial charge in [0.2, 0.25) is 10.0 Å². The molecule has 0 heterocycles. The van der Waals surface area contributed by atoms with Crippen molar-refractivity contribution in [3.05, 3.63) is 100 Å². The van der Waals surface area contributed by atoms with Crippen LogP contribution in [-0.4, -0.2) is 26.8 Å². The fourth-order valence-electron chi connectivity index (χ4n) is 2.99. The van der Waals surface area contributed by atoms with E-state index in [1.54, 1.807) is 24.3 Å². The van der Waals surface area contributed by atoms with E-state index in [1.807, 2.05) is 0 Å². The first kappa shape index (κ1) is 25.3. The molecule has 0 spiro atoms. The predicted octanol–water partition coefficient (Wildman–Crippen LogP) is 5.09. The molecular formula is C23H19ClF3N3O3S. The lowest BCUT2D eigenvalue weighted by Crippen LogP contribution is -2.29. The quantitative estimate of drug-likeness (QED) is 0.356. The summed E-state index contributed by atoms with van der Waals surface area (Å²) in [5, 5.41) is 4.11. The molecule has 0 saturated carbocycles. The summed E-state index contributed by atoms with van der Waals surface area (Å²) in [6.07, 6.45) is -2.33. The van der Waals surface area contributed by atoms with E-state index in [1.165, 1.54) is 36.4 Å². The number of amides is 1. The molecule has 0 bridgehead atoms. The molecule has 3 aromatic rings. The highest BCUT2D eigenvalue weighted by molar-refractivity contribution is 7.92. The second-order valence-electron chi connectivity index (χ2n) is 7.23. The fourth-order valence-corrected chi connectivity index (χ4v) is 4.06. The summed E-state index contributed by atoms with van der Waals surface area (Å²) < 4.78 is 64.2. The maximum Gasteiger partial charge on any atom is 0.416 e. The third-order valence-electron chi connectivity index (χ3n) is 4.68. The molecule has 11 heteroatoms. The minimum Gasteiger partial charge on any atom is -0.267 e. The largest absolute Gasteiger partial charge is 0.416 e. The Bertz CT molecular complexity index is 1310. The molecule has 0 aromatic heterocycles. The van der Waals surface area contributed by atoms with Crippen LogP contribution in [0.1, 0.15) is 27.0 Å². The monoisotopic (exact) mass is 509 g/mol. The minimum absolute atomic E-state index is 0.00529. The normalized spacial score (nSPS) is 12.0. The van der Waals surface area contributed by atoms with Crippen LogP contribution < -0.4 is 9.73 Å². The van der Waals surface area contributed by atoms with Gasteiger partial charge in [0.05, 0.1) is 30.3 Å². The number of nitrogens with one attached hydrogen (secondary N) is 1. The summed E-state index contributed by atoms with van der Waals surface area (Å²) in [7, 11) is -3.65. The number of alkyl halides is 3. The van der Waals surface area contributed by atoms with Crippen LogP contribution in [0.4, 0.5) is 18.9 Å². The SMILES string of the molecule is CS(=O)(=O)N(Cc1ccccc1Cl)c1ccc(C(=O)N/N=C\c2cccc(C(F)(F)F)c2)cc1. The molecule has 0 aliphatic carbocycles. The van der Waals surface area contributed by atoms with Gasteiger partial charge in [-0.15, -0.1) is 0 Å². The number of halogens is 4. The first-order valence-electron chi connectivity index (χ1n) is 9.77. The van der Waals surface area contributed by atoms with Crippen molar-refractivity contribution in [2.24, 2.45) is 5.10 Å². The highest BCUT2D eigenvalue weighted by Gasteiger charge is 2.30. The molecule has 0 aliphatic rings. The molecule has 178 valence electrons. The Morgan fingerprint density at radius 2 is 1.74 bits per heavy atom. The van der Waals surface area contributed by atoms with Crippen LogP contribution >= 0.6 is 11.6 Å². The van der Waals surface area contributed by atoms with E-state index in [2.05, 4.69) is 10.5 Å². The number of hydrogen-bond donors (Lipinski definition) is 1. The number of sulfonamides is 1. The third-order valence-corrected chi connectivity index (χ3v) is 6.19. The van der Waals surface area contributed by atoms with Crippen molar-refractivity contribution < 1.29 is 26.4 Å². The number of benzene rings is 3. The Balaban J connectivity index is 1.72. The van der Waals surface area contributed by atoms with Gasteiger partial charge in [-0.2, -0.15) is 18.3 Å². The van der Waals surface area contributed by atoms with Gasteiger partial charge in [0.25, 0.3) is 5.91 Å². The zero-order valence-corrected chi connectivity index (χ0v) is 19.3. The smallest absolute Gasteiger partial charge is 0.267 e. The molecule has 0 atom stereocenters. The van der Waals surface area contributed by atoms with Gasteiger partial charge in [0.15, 0.2) is 0 Å². The van der Waals surface area contributed by atoms with E-state index < -0.39 is 27.7 Å². The summed E-state index contributed by atoms with van der Waals surface area (Å²) in [5.41, 5.74) is 2.68. The van der Waals surface area contributed by atoms with Crippen LogP contribution in [0, 0.1) is 0 Å². The highest BCUT2D eigenvalue weighted by Crippen LogP contribution is 2.29. The van der Waals surface area contributed by atoms with Crippen molar-refractivity contribution in [1.29, 1.82) is 0 Å². The Kier molecular flexibility index (Phi) is 7.63. The van der Waals surface area contributed by atoms with E-state index in [0.29, 0.717) is 16.3 Å². The lowest BCUT2D eigenvalue weighted by atomic mass is 10.1. The van der Waals surface area contributed by atoms with Crippen molar-refractivity contribution in [3.8, 4) is 0 Å². The van der Waals surface area contributed by atoms with Crippen molar-refractivity contribution in [3.63, 3.8) is 0 Å². The molecule has 0 radical (unpaired) electrons. The second kappa shape index (κ2) is 10.3. The predicted molar refractivity (Wildman–Crippen MR) is 125 cm³/mol. The number of carbonyl (C=O) groups excluding carboxylic acids is 1. The van der Waals surface area contributed by atoms with Crippen LogP contribution in [0.3, 0.4) is 0 Å². The number of carbonyl (C=O) groups is 1. The van der Waals surface area contributed by atoms with E-state index in [9.17, 15) is 26.4 Å². The first-order valence-corrected chi connectivity index (χ1v) is 12.0. The number of nitrogens with zero attached hydrogens (tertiary/aromatic N) is 2. The molecule has 6 nitrogen and oxygen atoms in total. The van der Waals surface area contributed by atoms with Gasteiger partial charge in [-0.25, -0.2) is 13.8 Å². The molecule has 0 saturated heterocycles. The zero-order valence-electron chi connectivity index (χ0n) is 17.8. The van der Waals surface area contributed by atoms with Crippen LogP contribution in [-0.2, 0) is 22.7 Å². The van der Waals surface area contributed by atoms with Gasteiger partial charge in [0.1, 0.15) is 0 Å². The summed E-state index contributed by atoms with van der Waals surface area (Å²) in [6.45, 7) is 0.00529. The first-order chi connectivity index (χ1) is 15.9. The average Bonchev–Trinajstić information content (AvgIpc) is 2.77. The Morgan fingerprint density at radius 3 is 2.35 bits per heavy atom. The fraction of sp³-hybridized carbons (Fsp3) is 0.130. The van der Waals surface area contributed by atoms with Crippen molar-refractivity contribution in [2.75, 3.05) is 10.6 Å². The maximum absolute atomic E-state index is 12.8. The second-order valence-corrected chi connectivity index (χ2v) is 9.54. The number of anilines is 1. The average molecular weight is 510 g/mol. The molecule has 3 rings (SSSR count). The summed E-state index contributed by atoms with van der Waals surface area (Å²) in [4.78, 5) is 12.3. The molecular weight excluding hydrogens is 491 g/mol. The van der Waals surface area contributed by atoms with Gasteiger partial charge in [-0.3, -0.25) is 9.10 Å². The Morgan fingerprint density at radius 1 is 1.06 bits per heavy atom. The van der Waals surface area contributed by atoms with Crippen LogP contribution in [0.25, 0.3) is 0 Å². The molecule has 0 fully saturated rings. The van der Waals surface area contributed by atoms with Crippen LogP contribution in [0.15, 0.2) is 77.9 Å². The van der Waals surface area contributed by atoms with Gasteiger partial charge in [-0.05, 0) is 53.6 Å². The molecule has 34 heavy (non-hydrogen) atoms. The molecule has 1 amide bonds. The number of hydrogen-bond acceptors (Lipinski definition) is 4. The summed E-state index contributed by atoms with van der Waals surface area (Å²) in [5.74, 6) is -0.619. The summed E-state index contributed by atoms with van der Waals surface area (Å²) in [6, 6.07) is 17.1. The lowest BCUT2D eigenvalue weighted by Gasteiger charge is -2.23. The maximum atomic E-state index is 12.8.